The molecular formula is C30H31Cl2N5O7. The molecule has 3 amide bonds. The number of carboxylic acids is 1. The SMILES string of the molecule is O=C(COC1CC(CNc2ccccn2)N(C(=O)OCc2ccccc2)C1)NCC(NC(=O)c1c(Cl)cccc1Cl)C(=O)O. The standard InChI is InChI=1S/C30H31Cl2N5O7/c31-22-9-6-10-23(32)27(22)28(39)36-24(29(40)41)15-35-26(38)18-43-21-13-20(14-34-25-11-4-5-12-33-25)37(16-21)30(42)44-17-19-7-2-1-3-8-19/h1-12,20-21,24H,13-18H2,(H,33,34)(H,35,38)(H,36,39)(H,40,41). The zero-order valence-electron chi connectivity index (χ0n) is 23.4. The maximum atomic E-state index is 13.0. The molecule has 232 valence electrons. The van der Waals surface area contributed by atoms with Crippen LogP contribution in [-0.4, -0.2) is 83.3 Å². The molecular weight excluding hydrogens is 613 g/mol. The third kappa shape index (κ3) is 9.30. The van der Waals surface area contributed by atoms with Gasteiger partial charge in [0.2, 0.25) is 5.91 Å². The van der Waals surface area contributed by atoms with Crippen LogP contribution in [0.1, 0.15) is 22.3 Å². The number of hydrogen-bond acceptors (Lipinski definition) is 8. The van der Waals surface area contributed by atoms with Crippen LogP contribution in [0.2, 0.25) is 10.0 Å². The summed E-state index contributed by atoms with van der Waals surface area (Å²) in [6, 6.07) is 17.4. The second-order valence-corrected chi connectivity index (χ2v) is 10.7. The molecule has 2 aromatic carbocycles. The van der Waals surface area contributed by atoms with Gasteiger partial charge >= 0.3 is 12.1 Å². The van der Waals surface area contributed by atoms with Crippen LogP contribution in [0.5, 0.6) is 0 Å². The number of pyridine rings is 1. The molecule has 4 rings (SSSR count). The molecule has 3 atom stereocenters. The third-order valence-electron chi connectivity index (χ3n) is 6.75. The van der Waals surface area contributed by atoms with Gasteiger partial charge in [0, 0.05) is 19.3 Å². The van der Waals surface area contributed by atoms with Crippen molar-refractivity contribution in [1.82, 2.24) is 20.5 Å². The van der Waals surface area contributed by atoms with Gasteiger partial charge in [-0.3, -0.25) is 9.59 Å². The molecule has 0 radical (unpaired) electrons. The molecule has 0 bridgehead atoms. The molecule has 1 saturated heterocycles. The first kappa shape index (κ1) is 32.5. The lowest BCUT2D eigenvalue weighted by Gasteiger charge is -2.24. The number of carboxylic acid groups (broad SMARTS) is 1. The van der Waals surface area contributed by atoms with E-state index >= 15 is 0 Å². The molecule has 0 saturated carbocycles. The van der Waals surface area contributed by atoms with Crippen molar-refractivity contribution in [3.8, 4) is 0 Å². The van der Waals surface area contributed by atoms with E-state index in [1.165, 1.54) is 12.1 Å². The smallest absolute Gasteiger partial charge is 0.410 e. The number of ether oxygens (including phenoxy) is 2. The van der Waals surface area contributed by atoms with Gasteiger partial charge in [0.15, 0.2) is 0 Å². The molecule has 4 N–H and O–H groups in total. The van der Waals surface area contributed by atoms with Crippen molar-refractivity contribution in [2.24, 2.45) is 0 Å². The Bertz CT molecular complexity index is 1430. The minimum Gasteiger partial charge on any atom is -0.480 e. The summed E-state index contributed by atoms with van der Waals surface area (Å²) < 4.78 is 11.3. The summed E-state index contributed by atoms with van der Waals surface area (Å²) in [5.41, 5.74) is 0.774. The molecule has 3 aromatic rings. The van der Waals surface area contributed by atoms with E-state index in [0.717, 1.165) is 5.56 Å². The van der Waals surface area contributed by atoms with Gasteiger partial charge in [-0.15, -0.1) is 0 Å². The van der Waals surface area contributed by atoms with Gasteiger partial charge in [-0.05, 0) is 36.2 Å². The van der Waals surface area contributed by atoms with Crippen LogP contribution in [0.4, 0.5) is 10.6 Å². The van der Waals surface area contributed by atoms with E-state index in [1.807, 2.05) is 36.4 Å². The average Bonchev–Trinajstić information content (AvgIpc) is 3.44. The van der Waals surface area contributed by atoms with Crippen molar-refractivity contribution in [3.05, 3.63) is 94.1 Å². The van der Waals surface area contributed by atoms with E-state index in [-0.39, 0.29) is 34.8 Å². The van der Waals surface area contributed by atoms with Crippen molar-refractivity contribution >= 4 is 52.9 Å². The lowest BCUT2D eigenvalue weighted by molar-refractivity contribution is -0.139. The fourth-order valence-corrected chi connectivity index (χ4v) is 5.08. The fraction of sp³-hybridized carbons (Fsp3) is 0.300. The Morgan fingerprint density at radius 3 is 2.41 bits per heavy atom. The molecule has 44 heavy (non-hydrogen) atoms. The van der Waals surface area contributed by atoms with Gasteiger partial charge in [-0.25, -0.2) is 14.6 Å². The number of nitrogens with zero attached hydrogens (tertiary/aromatic N) is 2. The zero-order chi connectivity index (χ0) is 31.5. The Morgan fingerprint density at radius 1 is 1.00 bits per heavy atom. The van der Waals surface area contributed by atoms with Crippen LogP contribution in [0.25, 0.3) is 0 Å². The normalized spacial score (nSPS) is 16.5. The maximum Gasteiger partial charge on any atom is 0.410 e. The molecule has 0 spiro atoms. The first-order valence-electron chi connectivity index (χ1n) is 13.7. The number of benzene rings is 2. The summed E-state index contributed by atoms with van der Waals surface area (Å²) in [4.78, 5) is 55.7. The Morgan fingerprint density at radius 2 is 1.73 bits per heavy atom. The molecule has 1 aliphatic heterocycles. The molecule has 1 aliphatic rings. The summed E-state index contributed by atoms with van der Waals surface area (Å²) in [6.07, 6.45) is 1.06. The molecule has 0 aliphatic carbocycles. The molecule has 3 unspecified atom stereocenters. The van der Waals surface area contributed by atoms with Gasteiger partial charge in [-0.1, -0.05) is 65.7 Å². The first-order chi connectivity index (χ1) is 21.2. The van der Waals surface area contributed by atoms with Crippen LogP contribution >= 0.6 is 23.2 Å². The number of halogens is 2. The Balaban J connectivity index is 1.29. The highest BCUT2D eigenvalue weighted by Gasteiger charge is 2.37. The summed E-state index contributed by atoms with van der Waals surface area (Å²) in [5.74, 6) is -2.12. The topological polar surface area (TPSA) is 159 Å². The van der Waals surface area contributed by atoms with Crippen molar-refractivity contribution < 1.29 is 33.8 Å². The summed E-state index contributed by atoms with van der Waals surface area (Å²) in [7, 11) is 0. The molecule has 1 aromatic heterocycles. The Hall–Kier alpha value is -4.39. The second-order valence-electron chi connectivity index (χ2n) is 9.88. The van der Waals surface area contributed by atoms with E-state index in [4.69, 9.17) is 32.7 Å². The van der Waals surface area contributed by atoms with Gasteiger partial charge in [0.25, 0.3) is 5.91 Å². The number of rotatable bonds is 13. The highest BCUT2D eigenvalue weighted by molar-refractivity contribution is 6.39. The van der Waals surface area contributed by atoms with Crippen molar-refractivity contribution in [1.29, 1.82) is 0 Å². The van der Waals surface area contributed by atoms with Crippen molar-refractivity contribution in [2.75, 3.05) is 31.6 Å². The number of hydrogen-bond donors (Lipinski definition) is 4. The molecule has 2 heterocycles. The van der Waals surface area contributed by atoms with E-state index in [1.54, 1.807) is 29.3 Å². The Labute approximate surface area is 263 Å². The van der Waals surface area contributed by atoms with Crippen LogP contribution < -0.4 is 16.0 Å². The number of likely N-dealkylation sites (tertiary alicyclic amines) is 1. The number of aromatic nitrogens is 1. The highest BCUT2D eigenvalue weighted by atomic mass is 35.5. The summed E-state index contributed by atoms with van der Waals surface area (Å²) >= 11 is 12.1. The molecule has 14 heteroatoms. The third-order valence-corrected chi connectivity index (χ3v) is 7.38. The van der Waals surface area contributed by atoms with Crippen molar-refractivity contribution in [2.45, 2.75) is 31.2 Å². The fourth-order valence-electron chi connectivity index (χ4n) is 4.51. The predicted molar refractivity (Wildman–Crippen MR) is 163 cm³/mol. The minimum absolute atomic E-state index is 0.0552. The monoisotopic (exact) mass is 643 g/mol. The largest absolute Gasteiger partial charge is 0.480 e. The average molecular weight is 645 g/mol. The summed E-state index contributed by atoms with van der Waals surface area (Å²) in [6.45, 7) is -0.144. The lowest BCUT2D eigenvalue weighted by atomic mass is 10.2. The summed E-state index contributed by atoms with van der Waals surface area (Å²) in [5, 5.41) is 17.6. The van der Waals surface area contributed by atoms with E-state index in [9.17, 15) is 24.3 Å². The van der Waals surface area contributed by atoms with Gasteiger partial charge in [0.1, 0.15) is 25.1 Å². The van der Waals surface area contributed by atoms with Crippen LogP contribution in [0.3, 0.4) is 0 Å². The molecule has 1 fully saturated rings. The zero-order valence-corrected chi connectivity index (χ0v) is 25.0. The number of nitrogens with one attached hydrogen (secondary N) is 3. The van der Waals surface area contributed by atoms with Gasteiger partial charge in [-0.2, -0.15) is 0 Å². The highest BCUT2D eigenvalue weighted by Crippen LogP contribution is 2.24. The quantitative estimate of drug-likeness (QED) is 0.218. The van der Waals surface area contributed by atoms with Gasteiger partial charge in [0.05, 0.1) is 34.3 Å². The molecule has 12 nitrogen and oxygen atoms in total. The predicted octanol–water partition coefficient (Wildman–Crippen LogP) is 3.60. The lowest BCUT2D eigenvalue weighted by Crippen LogP contribution is -2.49. The van der Waals surface area contributed by atoms with Crippen LogP contribution in [0, 0.1) is 0 Å². The number of carbonyl (C=O) groups excluding carboxylic acids is 3. The number of anilines is 1. The second kappa shape index (κ2) is 15.9. The Kier molecular flexibility index (Phi) is 11.8. The van der Waals surface area contributed by atoms with Gasteiger partial charge < -0.3 is 35.4 Å². The number of amides is 3. The van der Waals surface area contributed by atoms with E-state index in [2.05, 4.69) is 20.9 Å². The van der Waals surface area contributed by atoms with Crippen LogP contribution in [0.15, 0.2) is 72.9 Å². The number of carbonyl (C=O) groups is 4. The first-order valence-corrected chi connectivity index (χ1v) is 14.4. The van der Waals surface area contributed by atoms with E-state index < -0.39 is 49.2 Å². The van der Waals surface area contributed by atoms with Crippen molar-refractivity contribution in [3.63, 3.8) is 0 Å². The van der Waals surface area contributed by atoms with Crippen LogP contribution in [-0.2, 0) is 25.7 Å². The number of aliphatic carboxylic acids is 1. The maximum absolute atomic E-state index is 13.0. The minimum atomic E-state index is -1.46. The van der Waals surface area contributed by atoms with E-state index in [0.29, 0.717) is 18.8 Å².